The van der Waals surface area contributed by atoms with Crippen LogP contribution in [0.1, 0.15) is 36.6 Å². The quantitative estimate of drug-likeness (QED) is 0.572. The van der Waals surface area contributed by atoms with Crippen LogP contribution < -0.4 is 4.74 Å². The maximum absolute atomic E-state index is 5.93. The molecule has 28 heavy (non-hydrogen) atoms. The molecule has 3 aromatic rings. The molecule has 0 aliphatic carbocycles. The zero-order valence-corrected chi connectivity index (χ0v) is 16.7. The van der Waals surface area contributed by atoms with Crippen molar-refractivity contribution in [1.29, 1.82) is 0 Å². The van der Waals surface area contributed by atoms with Crippen LogP contribution in [0.5, 0.6) is 5.75 Å². The van der Waals surface area contributed by atoms with Crippen molar-refractivity contribution < 1.29 is 4.74 Å². The maximum Gasteiger partial charge on any atom is 0.119 e. The topological polar surface area (TPSA) is 41.2 Å². The van der Waals surface area contributed by atoms with Crippen LogP contribution in [0.3, 0.4) is 0 Å². The number of nitrogens with one attached hydrogen (secondary N) is 1. The Morgan fingerprint density at radius 3 is 2.68 bits per heavy atom. The van der Waals surface area contributed by atoms with E-state index >= 15 is 0 Å². The first-order valence-corrected chi connectivity index (χ1v) is 10.4. The fourth-order valence-electron chi connectivity index (χ4n) is 3.92. The van der Waals surface area contributed by atoms with Crippen LogP contribution in [0.4, 0.5) is 0 Å². The summed E-state index contributed by atoms with van der Waals surface area (Å²) in [6, 6.07) is 18.9. The van der Waals surface area contributed by atoms with Gasteiger partial charge in [-0.3, -0.25) is 10.00 Å². The molecule has 4 heteroatoms. The van der Waals surface area contributed by atoms with E-state index in [1.165, 1.54) is 23.2 Å². The summed E-state index contributed by atoms with van der Waals surface area (Å²) in [6.07, 6.45) is 4.32. The number of hydrogen-bond acceptors (Lipinski definition) is 3. The van der Waals surface area contributed by atoms with Gasteiger partial charge in [0, 0.05) is 36.3 Å². The van der Waals surface area contributed by atoms with E-state index in [2.05, 4.69) is 76.6 Å². The van der Waals surface area contributed by atoms with Gasteiger partial charge in [0.1, 0.15) is 5.75 Å². The van der Waals surface area contributed by atoms with Crippen molar-refractivity contribution in [3.63, 3.8) is 0 Å². The summed E-state index contributed by atoms with van der Waals surface area (Å²) in [7, 11) is 0. The number of aromatic amines is 1. The van der Waals surface area contributed by atoms with Crippen LogP contribution in [0.25, 0.3) is 11.3 Å². The summed E-state index contributed by atoms with van der Waals surface area (Å²) in [4.78, 5) is 2.52. The highest BCUT2D eigenvalue weighted by Crippen LogP contribution is 2.29. The predicted octanol–water partition coefficient (Wildman–Crippen LogP) is 4.86. The van der Waals surface area contributed by atoms with Crippen molar-refractivity contribution >= 4 is 0 Å². The number of aromatic nitrogens is 2. The van der Waals surface area contributed by atoms with Crippen LogP contribution in [-0.4, -0.2) is 34.8 Å². The molecule has 2 aromatic carbocycles. The summed E-state index contributed by atoms with van der Waals surface area (Å²) in [5, 5.41) is 7.86. The largest absolute Gasteiger partial charge is 0.494 e. The van der Waals surface area contributed by atoms with Gasteiger partial charge in [-0.15, -0.1) is 0 Å². The Balaban J connectivity index is 1.34. The molecule has 0 unspecified atom stereocenters. The Morgan fingerprint density at radius 2 is 1.89 bits per heavy atom. The molecule has 1 aliphatic rings. The van der Waals surface area contributed by atoms with E-state index in [1.54, 1.807) is 0 Å². The van der Waals surface area contributed by atoms with Crippen molar-refractivity contribution in [1.82, 2.24) is 15.1 Å². The molecule has 0 saturated carbocycles. The molecule has 0 radical (unpaired) electrons. The number of rotatable bonds is 8. The number of H-pyrrole nitrogens is 1. The van der Waals surface area contributed by atoms with Crippen molar-refractivity contribution in [3.8, 4) is 17.0 Å². The van der Waals surface area contributed by atoms with Crippen molar-refractivity contribution in [3.05, 3.63) is 71.4 Å². The minimum absolute atomic E-state index is 0.734. The van der Waals surface area contributed by atoms with E-state index < -0.39 is 0 Å². The van der Waals surface area contributed by atoms with Gasteiger partial charge in [-0.25, -0.2) is 0 Å². The minimum Gasteiger partial charge on any atom is -0.494 e. The van der Waals surface area contributed by atoms with E-state index in [1.807, 2.05) is 0 Å². The van der Waals surface area contributed by atoms with Crippen molar-refractivity contribution in [2.75, 3.05) is 19.7 Å². The second-order valence-corrected chi connectivity index (χ2v) is 7.52. The Labute approximate surface area is 167 Å². The highest BCUT2D eigenvalue weighted by atomic mass is 16.5. The first-order chi connectivity index (χ1) is 13.8. The van der Waals surface area contributed by atoms with E-state index in [0.29, 0.717) is 0 Å². The third-order valence-electron chi connectivity index (χ3n) is 5.40. The average molecular weight is 376 g/mol. The molecule has 4 rings (SSSR count). The zero-order valence-electron chi connectivity index (χ0n) is 16.7. The summed E-state index contributed by atoms with van der Waals surface area (Å²) >= 11 is 0. The Kier molecular flexibility index (Phi) is 6.07. The maximum atomic E-state index is 5.93. The molecule has 1 aliphatic heterocycles. The monoisotopic (exact) mass is 375 g/mol. The molecule has 0 bridgehead atoms. The van der Waals surface area contributed by atoms with Crippen molar-refractivity contribution in [2.45, 2.75) is 39.2 Å². The molecule has 0 spiro atoms. The molecule has 1 N–H and O–H groups in total. The van der Waals surface area contributed by atoms with E-state index in [9.17, 15) is 0 Å². The van der Waals surface area contributed by atoms with E-state index in [0.717, 1.165) is 62.5 Å². The Bertz CT molecular complexity index is 871. The normalized spacial score (nSPS) is 14.0. The number of fused-ring (bicyclic) bond motifs is 1. The van der Waals surface area contributed by atoms with Crippen molar-refractivity contribution in [2.24, 2.45) is 0 Å². The molecule has 1 aromatic heterocycles. The van der Waals surface area contributed by atoms with Crippen LogP contribution in [0.2, 0.25) is 0 Å². The molecule has 0 amide bonds. The number of ether oxygens (including phenoxy) is 1. The van der Waals surface area contributed by atoms with Gasteiger partial charge in [-0.05, 0) is 55.6 Å². The van der Waals surface area contributed by atoms with Gasteiger partial charge in [-0.2, -0.15) is 5.10 Å². The van der Waals surface area contributed by atoms with Gasteiger partial charge in [0.15, 0.2) is 0 Å². The van der Waals surface area contributed by atoms with Crippen LogP contribution >= 0.6 is 0 Å². The van der Waals surface area contributed by atoms with Gasteiger partial charge >= 0.3 is 0 Å². The molecular weight excluding hydrogens is 346 g/mol. The van der Waals surface area contributed by atoms with Gasteiger partial charge in [0.2, 0.25) is 0 Å². The highest BCUT2D eigenvalue weighted by Gasteiger charge is 2.22. The Hall–Kier alpha value is -2.59. The number of nitrogens with zero attached hydrogens (tertiary/aromatic N) is 2. The fourth-order valence-corrected chi connectivity index (χ4v) is 3.92. The smallest absolute Gasteiger partial charge is 0.119 e. The van der Waals surface area contributed by atoms with Gasteiger partial charge in [0.25, 0.3) is 0 Å². The summed E-state index contributed by atoms with van der Waals surface area (Å²) in [5.41, 5.74) is 6.26. The standard InChI is InChI=1S/C24H29N3O/c1-2-15-27-16-14-23-22(18-27)24(26-25-23)20-10-12-21(13-11-20)28-17-6-9-19-7-4-3-5-8-19/h3-5,7-8,10-13H,2,6,9,14-18H2,1H3,(H,25,26). The first kappa shape index (κ1) is 18.8. The summed E-state index contributed by atoms with van der Waals surface area (Å²) in [5.74, 6) is 0.925. The second-order valence-electron chi connectivity index (χ2n) is 7.52. The third-order valence-corrected chi connectivity index (χ3v) is 5.40. The molecule has 4 nitrogen and oxygen atoms in total. The lowest BCUT2D eigenvalue weighted by atomic mass is 10.0. The van der Waals surface area contributed by atoms with Crippen LogP contribution in [0.15, 0.2) is 54.6 Å². The predicted molar refractivity (Wildman–Crippen MR) is 114 cm³/mol. The molecule has 2 heterocycles. The number of aryl methyl sites for hydroxylation is 1. The fraction of sp³-hybridized carbons (Fsp3) is 0.375. The molecule has 0 saturated heterocycles. The summed E-state index contributed by atoms with van der Waals surface area (Å²) < 4.78 is 5.93. The highest BCUT2D eigenvalue weighted by molar-refractivity contribution is 5.65. The number of benzene rings is 2. The van der Waals surface area contributed by atoms with Gasteiger partial charge < -0.3 is 4.74 Å². The average Bonchev–Trinajstić information content (AvgIpc) is 3.16. The van der Waals surface area contributed by atoms with Gasteiger partial charge in [0.05, 0.1) is 12.3 Å². The van der Waals surface area contributed by atoms with Crippen LogP contribution in [0, 0.1) is 0 Å². The lowest BCUT2D eigenvalue weighted by molar-refractivity contribution is 0.254. The lowest BCUT2D eigenvalue weighted by Crippen LogP contribution is -2.31. The second kappa shape index (κ2) is 9.07. The number of hydrogen-bond donors (Lipinski definition) is 1. The summed E-state index contributed by atoms with van der Waals surface area (Å²) in [6.45, 7) is 6.24. The Morgan fingerprint density at radius 1 is 1.07 bits per heavy atom. The molecule has 0 atom stereocenters. The SMILES string of the molecule is CCCN1CCc2[nH]nc(-c3ccc(OCCCc4ccccc4)cc3)c2C1. The van der Waals surface area contributed by atoms with E-state index in [4.69, 9.17) is 4.74 Å². The van der Waals surface area contributed by atoms with Crippen LogP contribution in [-0.2, 0) is 19.4 Å². The molecule has 146 valence electrons. The zero-order chi connectivity index (χ0) is 19.2. The molecular formula is C24H29N3O. The van der Waals surface area contributed by atoms with Gasteiger partial charge in [-0.1, -0.05) is 37.3 Å². The lowest BCUT2D eigenvalue weighted by Gasteiger charge is -2.26. The minimum atomic E-state index is 0.734. The third kappa shape index (κ3) is 4.45. The molecule has 0 fully saturated rings. The van der Waals surface area contributed by atoms with E-state index in [-0.39, 0.29) is 0 Å². The first-order valence-electron chi connectivity index (χ1n) is 10.4.